The maximum atomic E-state index is 11.9. The van der Waals surface area contributed by atoms with E-state index < -0.39 is 9.84 Å². The third-order valence-electron chi connectivity index (χ3n) is 3.48. The molecule has 0 saturated heterocycles. The molecule has 0 aliphatic rings. The summed E-state index contributed by atoms with van der Waals surface area (Å²) in [4.78, 5) is 4.54. The van der Waals surface area contributed by atoms with Gasteiger partial charge in [0.25, 0.3) is 0 Å². The van der Waals surface area contributed by atoms with Crippen LogP contribution in [0.3, 0.4) is 0 Å². The number of rotatable bonds is 4. The summed E-state index contributed by atoms with van der Waals surface area (Å²) in [5, 5.41) is 0.950. The highest BCUT2D eigenvalue weighted by atomic mass is 35.5. The van der Waals surface area contributed by atoms with Crippen molar-refractivity contribution in [2.75, 3.05) is 5.75 Å². The molecule has 0 atom stereocenters. The number of sulfone groups is 1. The van der Waals surface area contributed by atoms with Crippen molar-refractivity contribution in [3.8, 4) is 0 Å². The predicted molar refractivity (Wildman–Crippen MR) is 97.1 cm³/mol. The molecule has 7 heteroatoms. The number of hydrogen-bond donors (Lipinski definition) is 0. The van der Waals surface area contributed by atoms with E-state index in [1.165, 1.54) is 12.1 Å². The molecular weight excluding hydrogens is 369 g/mol. The monoisotopic (exact) mass is 381 g/mol. The minimum absolute atomic E-state index is 0.0421. The molecule has 4 nitrogen and oxygen atoms in total. The maximum absolute atomic E-state index is 11.9. The highest BCUT2D eigenvalue weighted by molar-refractivity contribution is 7.91. The van der Waals surface area contributed by atoms with Crippen molar-refractivity contribution in [2.45, 2.75) is 11.8 Å². The zero-order valence-electron chi connectivity index (χ0n) is 12.7. The van der Waals surface area contributed by atoms with Crippen molar-refractivity contribution in [1.82, 2.24) is 4.98 Å². The van der Waals surface area contributed by atoms with Gasteiger partial charge in [-0.3, -0.25) is 0 Å². The summed E-state index contributed by atoms with van der Waals surface area (Å²) in [7, 11) is -3.27. The average Bonchev–Trinajstić information content (AvgIpc) is 2.98. The van der Waals surface area contributed by atoms with Gasteiger partial charge in [0.1, 0.15) is 5.52 Å². The minimum Gasteiger partial charge on any atom is -0.437 e. The van der Waals surface area contributed by atoms with E-state index in [9.17, 15) is 8.42 Å². The van der Waals surface area contributed by atoms with Gasteiger partial charge in [-0.25, -0.2) is 13.4 Å². The van der Waals surface area contributed by atoms with E-state index in [2.05, 4.69) is 4.98 Å². The van der Waals surface area contributed by atoms with Gasteiger partial charge in [-0.15, -0.1) is 0 Å². The van der Waals surface area contributed by atoms with Crippen molar-refractivity contribution < 1.29 is 12.8 Å². The number of halogens is 2. The molecule has 1 heterocycles. The fourth-order valence-corrected chi connectivity index (χ4v) is 3.35. The minimum atomic E-state index is -3.27. The summed E-state index contributed by atoms with van der Waals surface area (Å²) in [6.45, 7) is 1.60. The van der Waals surface area contributed by atoms with Gasteiger partial charge in [0.15, 0.2) is 15.4 Å². The Bertz CT molecular complexity index is 1040. The Labute approximate surface area is 149 Å². The SMILES string of the molecule is CCS(=O)(=O)c1ccc2oc(/C=C/c3ccc(Cl)c(Cl)c3)nc2c1. The smallest absolute Gasteiger partial charge is 0.220 e. The van der Waals surface area contributed by atoms with E-state index in [4.69, 9.17) is 27.6 Å². The molecule has 0 fully saturated rings. The standard InChI is InChI=1S/C17H13Cl2NO3S/c1-2-24(21,22)12-5-7-16-15(10-12)20-17(23-16)8-4-11-3-6-13(18)14(19)9-11/h3-10H,2H2,1H3/b8-4+. The number of hydrogen-bond acceptors (Lipinski definition) is 4. The Morgan fingerprint density at radius 3 is 2.58 bits per heavy atom. The van der Waals surface area contributed by atoms with Crippen LogP contribution in [0.5, 0.6) is 0 Å². The Morgan fingerprint density at radius 1 is 1.08 bits per heavy atom. The van der Waals surface area contributed by atoms with Crippen LogP contribution in [0.25, 0.3) is 23.3 Å². The molecule has 0 saturated carbocycles. The van der Waals surface area contributed by atoms with Gasteiger partial charge in [-0.05, 0) is 42.0 Å². The van der Waals surface area contributed by atoms with Gasteiger partial charge in [0.05, 0.1) is 20.7 Å². The second-order valence-electron chi connectivity index (χ2n) is 5.09. The van der Waals surface area contributed by atoms with Crippen LogP contribution in [0.15, 0.2) is 45.7 Å². The number of aromatic nitrogens is 1. The molecule has 0 spiro atoms. The molecule has 124 valence electrons. The lowest BCUT2D eigenvalue weighted by Gasteiger charge is -1.99. The first-order valence-electron chi connectivity index (χ1n) is 7.15. The number of fused-ring (bicyclic) bond motifs is 1. The summed E-state index contributed by atoms with van der Waals surface area (Å²) < 4.78 is 29.4. The van der Waals surface area contributed by atoms with Gasteiger partial charge < -0.3 is 4.42 Å². The molecule has 0 amide bonds. The summed E-state index contributed by atoms with van der Waals surface area (Å²) in [6, 6.07) is 9.92. The quantitative estimate of drug-likeness (QED) is 0.630. The van der Waals surface area contributed by atoms with E-state index in [1.807, 2.05) is 6.07 Å². The van der Waals surface area contributed by atoms with Crippen molar-refractivity contribution >= 4 is 56.3 Å². The predicted octanol–water partition coefficient (Wildman–Crippen LogP) is 5.10. The Balaban J connectivity index is 1.93. The van der Waals surface area contributed by atoms with E-state index in [-0.39, 0.29) is 10.6 Å². The van der Waals surface area contributed by atoms with E-state index in [0.29, 0.717) is 27.0 Å². The molecule has 0 aliphatic carbocycles. The summed E-state index contributed by atoms with van der Waals surface area (Å²) in [5.74, 6) is 0.419. The summed E-state index contributed by atoms with van der Waals surface area (Å²) >= 11 is 11.9. The largest absolute Gasteiger partial charge is 0.437 e. The van der Waals surface area contributed by atoms with E-state index in [0.717, 1.165) is 5.56 Å². The molecule has 0 N–H and O–H groups in total. The fraction of sp³-hybridized carbons (Fsp3) is 0.118. The highest BCUT2D eigenvalue weighted by Gasteiger charge is 2.14. The Kier molecular flexibility index (Phi) is 4.67. The molecule has 0 radical (unpaired) electrons. The van der Waals surface area contributed by atoms with Gasteiger partial charge in [-0.1, -0.05) is 36.2 Å². The zero-order chi connectivity index (χ0) is 17.3. The van der Waals surface area contributed by atoms with Crippen LogP contribution >= 0.6 is 23.2 Å². The Hall–Kier alpha value is -1.82. The topological polar surface area (TPSA) is 60.2 Å². The zero-order valence-corrected chi connectivity index (χ0v) is 15.0. The molecule has 1 aromatic heterocycles. The lowest BCUT2D eigenvalue weighted by atomic mass is 10.2. The number of benzene rings is 2. The second-order valence-corrected chi connectivity index (χ2v) is 8.18. The van der Waals surface area contributed by atoms with Crippen LogP contribution in [0.1, 0.15) is 18.4 Å². The third-order valence-corrected chi connectivity index (χ3v) is 5.95. The van der Waals surface area contributed by atoms with Crippen molar-refractivity contribution in [3.63, 3.8) is 0 Å². The van der Waals surface area contributed by atoms with Gasteiger partial charge in [0.2, 0.25) is 5.89 Å². The van der Waals surface area contributed by atoms with E-state index >= 15 is 0 Å². The molecule has 0 unspecified atom stereocenters. The van der Waals surface area contributed by atoms with Crippen molar-refractivity contribution in [1.29, 1.82) is 0 Å². The normalized spacial score (nSPS) is 12.3. The first kappa shape index (κ1) is 17.0. The maximum Gasteiger partial charge on any atom is 0.220 e. The lowest BCUT2D eigenvalue weighted by Crippen LogP contribution is -2.03. The lowest BCUT2D eigenvalue weighted by molar-refractivity contribution is 0.589. The molecule has 2 aromatic carbocycles. The van der Waals surface area contributed by atoms with Crippen LogP contribution in [-0.4, -0.2) is 19.2 Å². The number of nitrogens with zero attached hydrogens (tertiary/aromatic N) is 1. The third kappa shape index (κ3) is 3.48. The summed E-state index contributed by atoms with van der Waals surface area (Å²) in [6.07, 6.45) is 3.48. The molecule has 24 heavy (non-hydrogen) atoms. The number of oxazole rings is 1. The first-order chi connectivity index (χ1) is 11.4. The fourth-order valence-electron chi connectivity index (χ4n) is 2.14. The average molecular weight is 382 g/mol. The molecule has 0 bridgehead atoms. The molecule has 0 aliphatic heterocycles. The van der Waals surface area contributed by atoms with Crippen LogP contribution in [0, 0.1) is 0 Å². The van der Waals surface area contributed by atoms with Crippen LogP contribution < -0.4 is 0 Å². The molecule has 3 rings (SSSR count). The van der Waals surface area contributed by atoms with Crippen LogP contribution in [0.4, 0.5) is 0 Å². The van der Waals surface area contributed by atoms with Crippen LogP contribution in [0.2, 0.25) is 10.0 Å². The van der Waals surface area contributed by atoms with Crippen LogP contribution in [-0.2, 0) is 9.84 Å². The Morgan fingerprint density at radius 2 is 1.88 bits per heavy atom. The first-order valence-corrected chi connectivity index (χ1v) is 9.56. The highest BCUT2D eigenvalue weighted by Crippen LogP contribution is 2.25. The second kappa shape index (κ2) is 6.59. The molecular formula is C17H13Cl2NO3S. The van der Waals surface area contributed by atoms with Gasteiger partial charge in [-0.2, -0.15) is 0 Å². The van der Waals surface area contributed by atoms with Gasteiger partial charge >= 0.3 is 0 Å². The van der Waals surface area contributed by atoms with E-state index in [1.54, 1.807) is 37.3 Å². The summed E-state index contributed by atoms with van der Waals surface area (Å²) in [5.41, 5.74) is 1.87. The van der Waals surface area contributed by atoms with Gasteiger partial charge in [0, 0.05) is 6.08 Å². The molecule has 3 aromatic rings. The van der Waals surface area contributed by atoms with Crippen molar-refractivity contribution in [3.05, 3.63) is 57.9 Å². The van der Waals surface area contributed by atoms with Crippen molar-refractivity contribution in [2.24, 2.45) is 0 Å².